The highest BCUT2D eigenvalue weighted by Gasteiger charge is 2.29. The Morgan fingerprint density at radius 1 is 1.50 bits per heavy atom. The molecule has 5 heteroatoms. The second kappa shape index (κ2) is 5.84. The van der Waals surface area contributed by atoms with Crippen LogP contribution in [-0.2, 0) is 14.3 Å². The van der Waals surface area contributed by atoms with Crippen LogP contribution in [0.15, 0.2) is 24.3 Å². The van der Waals surface area contributed by atoms with Crippen LogP contribution < -0.4 is 4.74 Å². The number of para-hydroxylation sites is 1. The zero-order chi connectivity index (χ0) is 13.0. The van der Waals surface area contributed by atoms with Crippen LogP contribution in [0.4, 0.5) is 0 Å². The smallest absolute Gasteiger partial charge is 0.303 e. The second-order valence-electron chi connectivity index (χ2n) is 4.10. The predicted molar refractivity (Wildman–Crippen MR) is 63.4 cm³/mol. The Kier molecular flexibility index (Phi) is 4.17. The fraction of sp³-hybridized carbons (Fsp3) is 0.462. The summed E-state index contributed by atoms with van der Waals surface area (Å²) in [5.41, 5.74) is 0.831. The molecule has 1 aromatic rings. The molecule has 1 saturated heterocycles. The van der Waals surface area contributed by atoms with Crippen LogP contribution in [0, 0.1) is 0 Å². The topological polar surface area (TPSA) is 65.0 Å². The average Bonchev–Trinajstić information content (AvgIpc) is 2.85. The summed E-state index contributed by atoms with van der Waals surface area (Å²) < 4.78 is 16.4. The third-order valence-electron chi connectivity index (χ3n) is 2.82. The number of rotatable bonds is 5. The van der Waals surface area contributed by atoms with Gasteiger partial charge in [-0.3, -0.25) is 4.79 Å². The molecule has 1 aliphatic heterocycles. The summed E-state index contributed by atoms with van der Waals surface area (Å²) in [5.74, 6) is -0.110. The molecule has 18 heavy (non-hydrogen) atoms. The molecule has 0 amide bonds. The zero-order valence-corrected chi connectivity index (χ0v) is 10.2. The molecular formula is C13H16O5. The van der Waals surface area contributed by atoms with Gasteiger partial charge in [-0.05, 0) is 12.5 Å². The Morgan fingerprint density at radius 2 is 2.28 bits per heavy atom. The maximum atomic E-state index is 10.5. The van der Waals surface area contributed by atoms with E-state index in [4.69, 9.17) is 19.3 Å². The third kappa shape index (κ3) is 3.00. The fourth-order valence-electron chi connectivity index (χ4n) is 1.91. The van der Waals surface area contributed by atoms with E-state index in [1.807, 2.05) is 24.3 Å². The van der Waals surface area contributed by atoms with Crippen molar-refractivity contribution in [2.45, 2.75) is 25.2 Å². The van der Waals surface area contributed by atoms with E-state index in [1.54, 1.807) is 7.11 Å². The van der Waals surface area contributed by atoms with Gasteiger partial charge in [0.25, 0.3) is 0 Å². The molecule has 1 heterocycles. The van der Waals surface area contributed by atoms with Gasteiger partial charge < -0.3 is 19.3 Å². The highest BCUT2D eigenvalue weighted by molar-refractivity contribution is 5.66. The van der Waals surface area contributed by atoms with Gasteiger partial charge >= 0.3 is 5.97 Å². The first-order chi connectivity index (χ1) is 8.70. The predicted octanol–water partition coefficient (Wildman–Crippen LogP) is 1.97. The number of ether oxygens (including phenoxy) is 3. The maximum Gasteiger partial charge on any atom is 0.303 e. The molecule has 1 fully saturated rings. The van der Waals surface area contributed by atoms with Crippen LogP contribution in [0.25, 0.3) is 0 Å². The molecular weight excluding hydrogens is 236 g/mol. The van der Waals surface area contributed by atoms with Crippen molar-refractivity contribution < 1.29 is 24.1 Å². The number of aliphatic carboxylic acids is 1. The molecule has 0 spiro atoms. The first-order valence-corrected chi connectivity index (χ1v) is 5.82. The fourth-order valence-corrected chi connectivity index (χ4v) is 1.91. The van der Waals surface area contributed by atoms with Gasteiger partial charge in [0.2, 0.25) is 0 Å². The zero-order valence-electron chi connectivity index (χ0n) is 10.2. The summed E-state index contributed by atoms with van der Waals surface area (Å²) in [4.78, 5) is 10.5. The van der Waals surface area contributed by atoms with Crippen LogP contribution in [-0.4, -0.2) is 30.9 Å². The number of methoxy groups -OCH3 is 1. The van der Waals surface area contributed by atoms with E-state index in [0.717, 1.165) is 5.56 Å². The summed E-state index contributed by atoms with van der Waals surface area (Å²) in [6.07, 6.45) is -0.0934. The molecule has 0 bridgehead atoms. The van der Waals surface area contributed by atoms with E-state index in [-0.39, 0.29) is 12.5 Å². The first kappa shape index (κ1) is 12.9. The summed E-state index contributed by atoms with van der Waals surface area (Å²) >= 11 is 0. The maximum absolute atomic E-state index is 10.5. The first-order valence-electron chi connectivity index (χ1n) is 5.82. The molecule has 0 saturated carbocycles. The van der Waals surface area contributed by atoms with Crippen molar-refractivity contribution in [1.29, 1.82) is 0 Å². The Balaban J connectivity index is 1.97. The lowest BCUT2D eigenvalue weighted by atomic mass is 10.2. The lowest BCUT2D eigenvalue weighted by Gasteiger charge is -2.14. The monoisotopic (exact) mass is 252 g/mol. The van der Waals surface area contributed by atoms with Gasteiger partial charge in [-0.1, -0.05) is 18.2 Å². The highest BCUT2D eigenvalue weighted by Crippen LogP contribution is 2.33. The molecule has 1 aromatic carbocycles. The lowest BCUT2D eigenvalue weighted by Crippen LogP contribution is -2.12. The minimum Gasteiger partial charge on any atom is -0.496 e. The van der Waals surface area contributed by atoms with Crippen LogP contribution in [0.2, 0.25) is 0 Å². The van der Waals surface area contributed by atoms with Gasteiger partial charge in [0.05, 0.1) is 19.8 Å². The van der Waals surface area contributed by atoms with Crippen LogP contribution in [0.5, 0.6) is 5.75 Å². The Morgan fingerprint density at radius 3 is 3.00 bits per heavy atom. The van der Waals surface area contributed by atoms with Crippen molar-refractivity contribution in [3.63, 3.8) is 0 Å². The Hall–Kier alpha value is -1.59. The van der Waals surface area contributed by atoms with Gasteiger partial charge in [-0.2, -0.15) is 0 Å². The molecule has 0 aromatic heterocycles. The molecule has 0 aliphatic carbocycles. The van der Waals surface area contributed by atoms with Gasteiger partial charge in [-0.25, -0.2) is 0 Å². The summed E-state index contributed by atoms with van der Waals surface area (Å²) in [6, 6.07) is 7.48. The molecule has 98 valence electrons. The van der Waals surface area contributed by atoms with Crippen molar-refractivity contribution in [1.82, 2.24) is 0 Å². The van der Waals surface area contributed by atoms with Crippen molar-refractivity contribution in [3.05, 3.63) is 29.8 Å². The third-order valence-corrected chi connectivity index (χ3v) is 2.82. The molecule has 1 aliphatic rings. The molecule has 2 atom stereocenters. The van der Waals surface area contributed by atoms with E-state index < -0.39 is 12.3 Å². The quantitative estimate of drug-likeness (QED) is 0.868. The largest absolute Gasteiger partial charge is 0.496 e. The number of carboxylic acids is 1. The van der Waals surface area contributed by atoms with E-state index >= 15 is 0 Å². The normalized spacial score (nSPS) is 22.9. The van der Waals surface area contributed by atoms with E-state index in [2.05, 4.69) is 0 Å². The Bertz CT molecular complexity index is 418. The molecule has 0 radical (unpaired) electrons. The molecule has 2 rings (SSSR count). The van der Waals surface area contributed by atoms with Crippen molar-refractivity contribution in [2.75, 3.05) is 13.7 Å². The van der Waals surface area contributed by atoms with E-state index in [0.29, 0.717) is 18.8 Å². The molecule has 1 N–H and O–H groups in total. The van der Waals surface area contributed by atoms with Crippen molar-refractivity contribution >= 4 is 5.97 Å². The van der Waals surface area contributed by atoms with Crippen LogP contribution >= 0.6 is 0 Å². The number of hydrogen-bond acceptors (Lipinski definition) is 4. The molecule has 5 nitrogen and oxygen atoms in total. The van der Waals surface area contributed by atoms with Gasteiger partial charge in [0.1, 0.15) is 5.75 Å². The second-order valence-corrected chi connectivity index (χ2v) is 4.10. The summed E-state index contributed by atoms with van der Waals surface area (Å²) in [5, 5.41) is 8.62. The number of hydrogen-bond donors (Lipinski definition) is 1. The SMILES string of the molecule is COc1ccccc1C1OCC(CCC(=O)O)O1. The number of carboxylic acid groups (broad SMARTS) is 1. The summed E-state index contributed by atoms with van der Waals surface area (Å²) in [7, 11) is 1.59. The minimum absolute atomic E-state index is 0.0900. The van der Waals surface area contributed by atoms with Crippen LogP contribution in [0.1, 0.15) is 24.7 Å². The summed E-state index contributed by atoms with van der Waals surface area (Å²) in [6.45, 7) is 0.413. The van der Waals surface area contributed by atoms with E-state index in [1.165, 1.54) is 0 Å². The van der Waals surface area contributed by atoms with Crippen LogP contribution in [0.3, 0.4) is 0 Å². The average molecular weight is 252 g/mol. The van der Waals surface area contributed by atoms with Gasteiger partial charge in [0.15, 0.2) is 6.29 Å². The van der Waals surface area contributed by atoms with Gasteiger partial charge in [-0.15, -0.1) is 0 Å². The molecule has 2 unspecified atom stereocenters. The standard InChI is InChI=1S/C13H16O5/c1-16-11-5-3-2-4-10(11)13-17-8-9(18-13)6-7-12(14)15/h2-5,9,13H,6-8H2,1H3,(H,14,15). The number of benzene rings is 1. The van der Waals surface area contributed by atoms with E-state index in [9.17, 15) is 4.79 Å². The minimum atomic E-state index is -0.820. The van der Waals surface area contributed by atoms with Gasteiger partial charge in [0, 0.05) is 12.0 Å². The highest BCUT2D eigenvalue weighted by atomic mass is 16.7. The number of carbonyl (C=O) groups is 1. The van der Waals surface area contributed by atoms with Crippen molar-refractivity contribution in [2.24, 2.45) is 0 Å². The van der Waals surface area contributed by atoms with Crippen molar-refractivity contribution in [3.8, 4) is 5.75 Å². The lowest BCUT2D eigenvalue weighted by molar-refractivity contribution is -0.138. The Labute approximate surface area is 105 Å².